The van der Waals surface area contributed by atoms with Crippen LogP contribution in [0, 0.1) is 12.3 Å². The topological polar surface area (TPSA) is 64.3 Å². The van der Waals surface area contributed by atoms with Gasteiger partial charge in [-0.25, -0.2) is 9.98 Å². The van der Waals surface area contributed by atoms with Crippen LogP contribution >= 0.6 is 0 Å². The van der Waals surface area contributed by atoms with Gasteiger partial charge in [-0.1, -0.05) is 72.9 Å². The molecule has 188 valence electrons. The number of aryl methyl sites for hydroxylation is 2. The highest BCUT2D eigenvalue weighted by atomic mass is 16.1. The van der Waals surface area contributed by atoms with Gasteiger partial charge < -0.3 is 4.57 Å². The van der Waals surface area contributed by atoms with Crippen LogP contribution in [0.25, 0.3) is 5.57 Å². The molecule has 0 aliphatic carbocycles. The van der Waals surface area contributed by atoms with E-state index in [1.807, 2.05) is 40.8 Å². The summed E-state index contributed by atoms with van der Waals surface area (Å²) in [5.74, 6) is 0.163. The zero-order valence-corrected chi connectivity index (χ0v) is 22.9. The van der Waals surface area contributed by atoms with E-state index in [1.165, 1.54) is 18.7 Å². The maximum absolute atomic E-state index is 12.1. The zero-order chi connectivity index (χ0) is 26.6. The van der Waals surface area contributed by atoms with Gasteiger partial charge in [0.2, 0.25) is 5.62 Å². The second-order valence-electron chi connectivity index (χ2n) is 9.20. The van der Waals surface area contributed by atoms with Crippen molar-refractivity contribution in [2.75, 3.05) is 0 Å². The number of nitrogens with zero attached hydrogens (tertiary/aromatic N) is 3. The minimum Gasteiger partial charge on any atom is -0.313 e. The molecule has 0 saturated heterocycles. The first kappa shape index (κ1) is 30.9. The van der Waals surface area contributed by atoms with E-state index in [-0.39, 0.29) is 18.4 Å². The van der Waals surface area contributed by atoms with E-state index in [4.69, 9.17) is 0 Å². The molecule has 5 nitrogen and oxygen atoms in total. The number of hydrogen-bond donors (Lipinski definition) is 0. The van der Waals surface area contributed by atoms with E-state index in [2.05, 4.69) is 63.0 Å². The van der Waals surface area contributed by atoms with Crippen LogP contribution in [0.15, 0.2) is 48.6 Å². The van der Waals surface area contributed by atoms with Crippen molar-refractivity contribution < 1.29 is 11.0 Å². The van der Waals surface area contributed by atoms with Crippen molar-refractivity contribution in [3.05, 3.63) is 77.3 Å². The number of aromatic nitrogens is 2. The Morgan fingerprint density at radius 1 is 1.18 bits per heavy atom. The van der Waals surface area contributed by atoms with Gasteiger partial charge in [-0.15, -0.1) is 0 Å². The molecule has 2 aromatic rings. The molecule has 2 rings (SSSR count). The number of rotatable bonds is 6. The molecule has 34 heavy (non-hydrogen) atoms. The summed E-state index contributed by atoms with van der Waals surface area (Å²) in [4.78, 5) is 31.6. The zero-order valence-electron chi connectivity index (χ0n) is 22.9. The monoisotopic (exact) mass is 467 g/mol. The fraction of sp³-hybridized carbons (Fsp3) is 0.448. The molecule has 0 atom stereocenters. The molecule has 1 aromatic heterocycles. The van der Waals surface area contributed by atoms with Gasteiger partial charge in [0.25, 0.3) is 0 Å². The molecular formula is C29H45N3O2. The molecule has 0 aliphatic heterocycles. The van der Waals surface area contributed by atoms with Crippen molar-refractivity contribution in [3.63, 3.8) is 0 Å². The Hall–Kier alpha value is -3.08. The molecule has 0 N–H and O–H groups in total. The third-order valence-corrected chi connectivity index (χ3v) is 4.85. The van der Waals surface area contributed by atoms with Gasteiger partial charge in [-0.2, -0.15) is 0 Å². The Morgan fingerprint density at radius 3 is 2.18 bits per heavy atom. The van der Waals surface area contributed by atoms with E-state index in [1.54, 1.807) is 10.6 Å². The molecule has 0 bridgehead atoms. The van der Waals surface area contributed by atoms with Crippen molar-refractivity contribution in [3.8, 4) is 0 Å². The van der Waals surface area contributed by atoms with Crippen LogP contribution in [-0.4, -0.2) is 21.1 Å². The standard InChI is InChI=1S/C15H22O.C12H15N3O.C2H6.H2/c1-6-12-7-8-13(11(2)9-12)14(16)10-15(3,4)5;1-6-13-12-14-10(9(4)16)7-11(8(2)3)15(12)5;1-2;/h7-9H,6,10H2,1-5H3;6-7H,1-2H2,3-5H3;1-2H3;1H. The quantitative estimate of drug-likeness (QED) is 0.424. The van der Waals surface area contributed by atoms with Crippen molar-refractivity contribution in [1.82, 2.24) is 9.55 Å². The summed E-state index contributed by atoms with van der Waals surface area (Å²) < 4.78 is 1.77. The van der Waals surface area contributed by atoms with Gasteiger partial charge >= 0.3 is 0 Å². The van der Waals surface area contributed by atoms with Gasteiger partial charge in [0.1, 0.15) is 5.69 Å². The van der Waals surface area contributed by atoms with Crippen molar-refractivity contribution in [1.29, 1.82) is 0 Å². The van der Waals surface area contributed by atoms with E-state index in [0.717, 1.165) is 28.8 Å². The van der Waals surface area contributed by atoms with Gasteiger partial charge in [0.15, 0.2) is 11.6 Å². The Morgan fingerprint density at radius 2 is 1.76 bits per heavy atom. The Labute approximate surface area is 207 Å². The Balaban J connectivity index is 0. The molecule has 5 heteroatoms. The first-order valence-corrected chi connectivity index (χ1v) is 11.8. The molecule has 0 spiro atoms. The highest BCUT2D eigenvalue weighted by molar-refractivity contribution is 5.97. The van der Waals surface area contributed by atoms with Crippen LogP contribution in [0.2, 0.25) is 0 Å². The lowest BCUT2D eigenvalue weighted by Gasteiger charge is -2.17. The van der Waals surface area contributed by atoms with E-state index < -0.39 is 0 Å². The number of carbonyl (C=O) groups excluding carboxylic acids is 2. The molecule has 1 heterocycles. The van der Waals surface area contributed by atoms with E-state index in [0.29, 0.717) is 17.7 Å². The van der Waals surface area contributed by atoms with Crippen molar-refractivity contribution in [2.45, 2.75) is 75.2 Å². The fourth-order valence-corrected chi connectivity index (χ4v) is 3.17. The van der Waals surface area contributed by atoms with Crippen LogP contribution in [0.1, 0.15) is 101 Å². The summed E-state index contributed by atoms with van der Waals surface area (Å²) in [5, 5.41) is 0. The Bertz CT molecular complexity index is 1090. The average Bonchev–Trinajstić information content (AvgIpc) is 2.75. The van der Waals surface area contributed by atoms with Crippen LogP contribution < -0.4 is 5.62 Å². The van der Waals surface area contributed by atoms with Gasteiger partial charge in [-0.05, 0) is 48.4 Å². The average molecular weight is 468 g/mol. The predicted octanol–water partition coefficient (Wildman–Crippen LogP) is 7.15. The first-order valence-electron chi connectivity index (χ1n) is 11.8. The number of Topliss-reactive ketones (excluding diaryl/α,β-unsaturated/α-hetero) is 2. The van der Waals surface area contributed by atoms with E-state index in [9.17, 15) is 9.59 Å². The molecule has 0 amide bonds. The first-order chi connectivity index (χ1) is 15.8. The lowest BCUT2D eigenvalue weighted by atomic mass is 9.86. The molecular weight excluding hydrogens is 422 g/mol. The molecule has 0 saturated carbocycles. The maximum atomic E-state index is 12.1. The minimum atomic E-state index is -0.0939. The third kappa shape index (κ3) is 9.82. The minimum absolute atomic E-state index is 0. The summed E-state index contributed by atoms with van der Waals surface area (Å²) in [6, 6.07) is 7.87. The number of ketones is 2. The molecule has 0 fully saturated rings. The lowest BCUT2D eigenvalue weighted by molar-refractivity contribution is 0.0938. The molecule has 0 radical (unpaired) electrons. The molecule has 1 aromatic carbocycles. The summed E-state index contributed by atoms with van der Waals surface area (Å²) in [6.07, 6.45) is 3.03. The summed E-state index contributed by atoms with van der Waals surface area (Å²) >= 11 is 0. The second kappa shape index (κ2) is 14.2. The number of carbonyl (C=O) groups is 2. The number of hydrogen-bond acceptors (Lipinski definition) is 4. The third-order valence-electron chi connectivity index (χ3n) is 4.85. The lowest BCUT2D eigenvalue weighted by Crippen LogP contribution is -2.26. The van der Waals surface area contributed by atoms with Crippen LogP contribution in [-0.2, 0) is 13.5 Å². The summed E-state index contributed by atoms with van der Waals surface area (Å²) in [6.45, 7) is 25.2. The second-order valence-corrected chi connectivity index (χ2v) is 9.20. The largest absolute Gasteiger partial charge is 0.313 e. The SMILES string of the molecule is C=CN=c1nc(C(C)=O)cc(C(=C)C)n1C.CC.CCc1ccc(C(=O)CC(C)(C)C)c(C)c1.[HH]. The molecule has 0 unspecified atom stereocenters. The van der Waals surface area contributed by atoms with Gasteiger partial charge in [0, 0.05) is 39.3 Å². The van der Waals surface area contributed by atoms with Gasteiger partial charge in [0.05, 0.1) is 0 Å². The highest BCUT2D eigenvalue weighted by Crippen LogP contribution is 2.23. The van der Waals surface area contributed by atoms with Crippen molar-refractivity contribution in [2.24, 2.45) is 17.5 Å². The van der Waals surface area contributed by atoms with Crippen LogP contribution in [0.4, 0.5) is 0 Å². The normalized spacial score (nSPS) is 10.9. The predicted molar refractivity (Wildman–Crippen MR) is 146 cm³/mol. The highest BCUT2D eigenvalue weighted by Gasteiger charge is 2.18. The fourth-order valence-electron chi connectivity index (χ4n) is 3.17. The maximum Gasteiger partial charge on any atom is 0.230 e. The summed E-state index contributed by atoms with van der Waals surface area (Å²) in [7, 11) is 1.82. The molecule has 0 aliphatic rings. The van der Waals surface area contributed by atoms with Crippen LogP contribution in [0.3, 0.4) is 0 Å². The smallest absolute Gasteiger partial charge is 0.230 e. The summed E-state index contributed by atoms with van der Waals surface area (Å²) in [5.41, 5.74) is 5.86. The van der Waals surface area contributed by atoms with Crippen molar-refractivity contribution >= 4 is 17.1 Å². The number of allylic oxidation sites excluding steroid dienone is 1. The van der Waals surface area contributed by atoms with E-state index >= 15 is 0 Å². The Kier molecular flexibility index (Phi) is 13.0. The van der Waals surface area contributed by atoms with Gasteiger partial charge in [-0.3, -0.25) is 9.59 Å². The van der Waals surface area contributed by atoms with Crippen LogP contribution in [0.5, 0.6) is 0 Å². The number of benzene rings is 1.